The van der Waals surface area contributed by atoms with Crippen LogP contribution in [0.25, 0.3) is 11.0 Å². The molecule has 3 fully saturated rings. The maximum absolute atomic E-state index is 12.2. The first-order valence-electron chi connectivity index (χ1n) is 12.4. The Morgan fingerprint density at radius 2 is 1.94 bits per heavy atom. The van der Waals surface area contributed by atoms with Gasteiger partial charge in [0.25, 0.3) is 11.5 Å². The number of anilines is 1. The van der Waals surface area contributed by atoms with Gasteiger partial charge in [-0.05, 0) is 61.9 Å². The second-order valence-corrected chi connectivity index (χ2v) is 9.78. The Balaban J connectivity index is 1.14. The molecule has 0 aromatic carbocycles. The Labute approximate surface area is 198 Å². The summed E-state index contributed by atoms with van der Waals surface area (Å²) in [5, 5.41) is 3.00. The van der Waals surface area contributed by atoms with Crippen molar-refractivity contribution in [1.29, 1.82) is 0 Å². The first-order chi connectivity index (χ1) is 16.6. The number of rotatable bonds is 6. The van der Waals surface area contributed by atoms with Gasteiger partial charge in [-0.25, -0.2) is 4.98 Å². The van der Waals surface area contributed by atoms with Gasteiger partial charge in [0.15, 0.2) is 0 Å². The summed E-state index contributed by atoms with van der Waals surface area (Å²) < 4.78 is 0. The van der Waals surface area contributed by atoms with Gasteiger partial charge in [-0.3, -0.25) is 19.5 Å². The summed E-state index contributed by atoms with van der Waals surface area (Å²) in [6.07, 6.45) is 8.97. The molecule has 8 nitrogen and oxygen atoms in total. The van der Waals surface area contributed by atoms with Gasteiger partial charge < -0.3 is 15.2 Å². The average molecular weight is 459 g/mol. The van der Waals surface area contributed by atoms with Crippen LogP contribution in [0.5, 0.6) is 0 Å². The van der Waals surface area contributed by atoms with Crippen LogP contribution in [0.4, 0.5) is 5.69 Å². The van der Waals surface area contributed by atoms with Crippen molar-refractivity contribution in [3.8, 4) is 0 Å². The second kappa shape index (κ2) is 8.51. The summed E-state index contributed by atoms with van der Waals surface area (Å²) in [7, 11) is 0. The molecule has 3 aromatic rings. The lowest BCUT2D eigenvalue weighted by molar-refractivity contribution is 0.0658. The van der Waals surface area contributed by atoms with Gasteiger partial charge in [-0.2, -0.15) is 0 Å². The van der Waals surface area contributed by atoms with Crippen molar-refractivity contribution >= 4 is 22.6 Å². The number of hydrogen-bond donors (Lipinski definition) is 2. The Kier molecular flexibility index (Phi) is 5.32. The lowest BCUT2D eigenvalue weighted by Crippen LogP contribution is -2.64. The fourth-order valence-corrected chi connectivity index (χ4v) is 5.27. The predicted octanol–water partition coefficient (Wildman–Crippen LogP) is 2.63. The van der Waals surface area contributed by atoms with E-state index < -0.39 is 0 Å². The minimum Gasteiger partial charge on any atom is -0.364 e. The van der Waals surface area contributed by atoms with E-state index in [1.165, 1.54) is 6.42 Å². The number of aromatic amines is 1. The molecule has 0 bridgehead atoms. The normalized spacial score (nSPS) is 22.3. The van der Waals surface area contributed by atoms with E-state index in [2.05, 4.69) is 36.1 Å². The van der Waals surface area contributed by atoms with Gasteiger partial charge in [0.1, 0.15) is 5.69 Å². The summed E-state index contributed by atoms with van der Waals surface area (Å²) in [5.41, 5.74) is 5.10. The molecule has 1 aliphatic heterocycles. The summed E-state index contributed by atoms with van der Waals surface area (Å²) in [5.74, 6) is -0.0725. The average Bonchev–Trinajstić information content (AvgIpc) is 3.63. The largest absolute Gasteiger partial charge is 0.364 e. The molecule has 2 N–H and O–H groups in total. The SMILES string of the molecule is CCc1cc2ncc(CN3CCN(c4ccc(C(=O)NC5CC5)nc4)[C@H]4CC[C@H]43)cc2[nH]c1=O. The van der Waals surface area contributed by atoms with E-state index in [1.54, 1.807) is 0 Å². The number of carbonyl (C=O) groups is 1. The number of piperazine rings is 1. The molecular formula is C26H30N6O2. The van der Waals surface area contributed by atoms with Crippen molar-refractivity contribution in [1.82, 2.24) is 25.2 Å². The van der Waals surface area contributed by atoms with E-state index >= 15 is 0 Å². The molecule has 1 saturated heterocycles. The molecule has 34 heavy (non-hydrogen) atoms. The number of pyridine rings is 3. The van der Waals surface area contributed by atoms with Crippen molar-refractivity contribution in [2.75, 3.05) is 18.0 Å². The quantitative estimate of drug-likeness (QED) is 0.590. The second-order valence-electron chi connectivity index (χ2n) is 9.78. The fourth-order valence-electron chi connectivity index (χ4n) is 5.27. The van der Waals surface area contributed by atoms with E-state index in [-0.39, 0.29) is 11.5 Å². The van der Waals surface area contributed by atoms with Crippen molar-refractivity contribution in [2.45, 2.75) is 63.7 Å². The van der Waals surface area contributed by atoms with Crippen LogP contribution < -0.4 is 15.8 Å². The lowest BCUT2D eigenvalue weighted by atomic mass is 9.81. The number of carbonyl (C=O) groups excluding carboxylic acids is 1. The lowest BCUT2D eigenvalue weighted by Gasteiger charge is -2.54. The molecule has 2 saturated carbocycles. The zero-order valence-corrected chi connectivity index (χ0v) is 19.5. The van der Waals surface area contributed by atoms with Crippen molar-refractivity contribution < 1.29 is 4.79 Å². The summed E-state index contributed by atoms with van der Waals surface area (Å²) in [6.45, 7) is 4.69. The molecule has 3 aliphatic rings. The van der Waals surface area contributed by atoms with Crippen LogP contribution in [0, 0.1) is 0 Å². The van der Waals surface area contributed by atoms with Gasteiger partial charge in [-0.15, -0.1) is 0 Å². The smallest absolute Gasteiger partial charge is 0.270 e. The molecule has 0 unspecified atom stereocenters. The number of aryl methyl sites for hydroxylation is 1. The highest BCUT2D eigenvalue weighted by molar-refractivity contribution is 5.92. The van der Waals surface area contributed by atoms with Crippen LogP contribution in [-0.2, 0) is 13.0 Å². The van der Waals surface area contributed by atoms with Gasteiger partial charge in [-0.1, -0.05) is 6.92 Å². The van der Waals surface area contributed by atoms with Gasteiger partial charge in [0, 0.05) is 49.5 Å². The molecule has 0 radical (unpaired) electrons. The molecule has 2 aliphatic carbocycles. The molecule has 8 heteroatoms. The maximum atomic E-state index is 12.2. The predicted molar refractivity (Wildman–Crippen MR) is 131 cm³/mol. The molecule has 3 aromatic heterocycles. The number of hydrogen-bond acceptors (Lipinski definition) is 6. The minimum absolute atomic E-state index is 0.0220. The Morgan fingerprint density at radius 1 is 1.09 bits per heavy atom. The molecule has 176 valence electrons. The number of nitrogens with zero attached hydrogens (tertiary/aromatic N) is 4. The van der Waals surface area contributed by atoms with Crippen molar-refractivity contribution in [2.24, 2.45) is 0 Å². The number of fused-ring (bicyclic) bond motifs is 2. The summed E-state index contributed by atoms with van der Waals surface area (Å²) >= 11 is 0. The van der Waals surface area contributed by atoms with Gasteiger partial charge in [0.2, 0.25) is 0 Å². The first-order valence-corrected chi connectivity index (χ1v) is 12.4. The van der Waals surface area contributed by atoms with Crippen molar-refractivity contribution in [3.63, 3.8) is 0 Å². The van der Waals surface area contributed by atoms with Gasteiger partial charge >= 0.3 is 0 Å². The molecule has 0 spiro atoms. The summed E-state index contributed by atoms with van der Waals surface area (Å²) in [4.78, 5) is 41.5. The zero-order chi connectivity index (χ0) is 23.2. The van der Waals surface area contributed by atoms with Crippen LogP contribution in [0.1, 0.15) is 54.2 Å². The highest BCUT2D eigenvalue weighted by atomic mass is 16.2. The van der Waals surface area contributed by atoms with E-state index in [4.69, 9.17) is 0 Å². The Morgan fingerprint density at radius 3 is 2.65 bits per heavy atom. The number of nitrogens with one attached hydrogen (secondary N) is 2. The highest BCUT2D eigenvalue weighted by Crippen LogP contribution is 2.37. The molecule has 2 atom stereocenters. The van der Waals surface area contributed by atoms with E-state index in [9.17, 15) is 9.59 Å². The van der Waals surface area contributed by atoms with E-state index in [0.29, 0.717) is 30.2 Å². The third-order valence-corrected chi connectivity index (χ3v) is 7.52. The number of amides is 1. The number of H-pyrrole nitrogens is 1. The first kappa shape index (κ1) is 21.3. The standard InChI is InChI=1S/C26H30N6O2/c1-2-17-12-21-22(30-25(17)33)11-16(13-27-21)15-31-9-10-32(24-8-7-23(24)31)19-5-6-20(28-14-19)26(34)29-18-3-4-18/h5-6,11-14,18,23-24H,2-4,7-10,15H2,1H3,(H,29,34)(H,30,33)/t23-,24+/m1/s1. The van der Waals surface area contributed by atoms with E-state index in [1.807, 2.05) is 37.5 Å². The maximum Gasteiger partial charge on any atom is 0.270 e. The fraction of sp³-hybridized carbons (Fsp3) is 0.462. The molecular weight excluding hydrogens is 428 g/mol. The molecule has 1 amide bonds. The van der Waals surface area contributed by atoms with Crippen LogP contribution in [0.3, 0.4) is 0 Å². The zero-order valence-electron chi connectivity index (χ0n) is 19.5. The van der Waals surface area contributed by atoms with Crippen LogP contribution in [0.2, 0.25) is 0 Å². The molecule has 4 heterocycles. The van der Waals surface area contributed by atoms with Crippen molar-refractivity contribution in [3.05, 3.63) is 63.8 Å². The van der Waals surface area contributed by atoms with E-state index in [0.717, 1.165) is 66.7 Å². The van der Waals surface area contributed by atoms with Crippen LogP contribution in [0.15, 0.2) is 41.5 Å². The Hall–Kier alpha value is -3.26. The summed E-state index contributed by atoms with van der Waals surface area (Å²) in [6, 6.07) is 9.13. The topological polar surface area (TPSA) is 94.2 Å². The van der Waals surface area contributed by atoms with Gasteiger partial charge in [0.05, 0.1) is 22.9 Å². The third kappa shape index (κ3) is 3.96. The number of aromatic nitrogens is 3. The third-order valence-electron chi connectivity index (χ3n) is 7.52. The minimum atomic E-state index is -0.0725. The monoisotopic (exact) mass is 458 g/mol. The van der Waals surface area contributed by atoms with Crippen LogP contribution >= 0.6 is 0 Å². The highest BCUT2D eigenvalue weighted by Gasteiger charge is 2.43. The van der Waals surface area contributed by atoms with Crippen LogP contribution in [-0.4, -0.2) is 57.0 Å². The molecule has 6 rings (SSSR count). The Bertz CT molecular complexity index is 1280.